The van der Waals surface area contributed by atoms with E-state index in [9.17, 15) is 14.0 Å². The van der Waals surface area contributed by atoms with Gasteiger partial charge >= 0.3 is 5.97 Å². The van der Waals surface area contributed by atoms with E-state index in [0.29, 0.717) is 46.7 Å². The summed E-state index contributed by atoms with van der Waals surface area (Å²) >= 11 is 1.13. The Morgan fingerprint density at radius 2 is 1.82 bits per heavy atom. The van der Waals surface area contributed by atoms with Crippen LogP contribution in [0.2, 0.25) is 0 Å². The molecule has 4 rings (SSSR count). The SMILES string of the molecule is COCc1c(C(=O)OCC(=O)N2CCc3cc(OC)c(OC)cc3C2)sc2cccc(F)c12. The standard InChI is InChI=1S/C24H24FNO6S/c1-29-12-16-22-17(25)5-4-6-20(22)33-23(16)24(28)32-13-21(27)26-8-7-14-9-18(30-2)19(31-3)10-15(14)11-26/h4-6,9-10H,7-8,11-13H2,1-3H3. The predicted octanol–water partition coefficient (Wildman–Crippen LogP) is 3.95. The Labute approximate surface area is 194 Å². The number of esters is 1. The van der Waals surface area contributed by atoms with Gasteiger partial charge in [-0.3, -0.25) is 4.79 Å². The third-order valence-electron chi connectivity index (χ3n) is 5.63. The molecule has 1 aliphatic rings. The minimum atomic E-state index is -0.667. The van der Waals surface area contributed by atoms with E-state index in [1.165, 1.54) is 13.2 Å². The number of fused-ring (bicyclic) bond motifs is 2. The van der Waals surface area contributed by atoms with Gasteiger partial charge in [0.1, 0.15) is 10.7 Å². The van der Waals surface area contributed by atoms with Crippen LogP contribution < -0.4 is 9.47 Å². The summed E-state index contributed by atoms with van der Waals surface area (Å²) in [7, 11) is 4.62. The first-order valence-corrected chi connectivity index (χ1v) is 11.2. The smallest absolute Gasteiger partial charge is 0.349 e. The molecule has 0 aliphatic carbocycles. The number of halogens is 1. The Balaban J connectivity index is 1.46. The number of benzene rings is 2. The highest BCUT2D eigenvalue weighted by molar-refractivity contribution is 7.21. The number of thiophene rings is 1. The molecule has 33 heavy (non-hydrogen) atoms. The van der Waals surface area contributed by atoms with Gasteiger partial charge in [-0.1, -0.05) is 6.07 Å². The molecule has 0 saturated heterocycles. The Hall–Kier alpha value is -3.17. The van der Waals surface area contributed by atoms with Crippen molar-refractivity contribution in [1.82, 2.24) is 4.90 Å². The molecular weight excluding hydrogens is 449 g/mol. The van der Waals surface area contributed by atoms with Gasteiger partial charge in [0, 0.05) is 35.8 Å². The van der Waals surface area contributed by atoms with Gasteiger partial charge in [-0.2, -0.15) is 0 Å². The van der Waals surface area contributed by atoms with Crippen LogP contribution in [-0.4, -0.2) is 51.3 Å². The number of methoxy groups -OCH3 is 3. The number of hydrogen-bond donors (Lipinski definition) is 0. The van der Waals surface area contributed by atoms with Crippen molar-refractivity contribution in [2.24, 2.45) is 0 Å². The Kier molecular flexibility index (Phi) is 6.80. The van der Waals surface area contributed by atoms with Gasteiger partial charge in [0.25, 0.3) is 5.91 Å². The Bertz CT molecular complexity index is 1210. The maximum atomic E-state index is 14.3. The van der Waals surface area contributed by atoms with E-state index in [1.807, 2.05) is 12.1 Å². The lowest BCUT2D eigenvalue weighted by Gasteiger charge is -2.29. The van der Waals surface area contributed by atoms with Crippen LogP contribution in [0.4, 0.5) is 4.39 Å². The molecule has 0 bridgehead atoms. The zero-order chi connectivity index (χ0) is 23.5. The zero-order valence-corrected chi connectivity index (χ0v) is 19.4. The van der Waals surface area contributed by atoms with Gasteiger partial charge in [-0.05, 0) is 41.8 Å². The number of rotatable bonds is 7. The molecule has 3 aromatic rings. The fourth-order valence-electron chi connectivity index (χ4n) is 3.99. The van der Waals surface area contributed by atoms with Crippen LogP contribution in [-0.2, 0) is 33.8 Å². The lowest BCUT2D eigenvalue weighted by Crippen LogP contribution is -2.38. The van der Waals surface area contributed by atoms with Crippen molar-refractivity contribution in [3.63, 3.8) is 0 Å². The third kappa shape index (κ3) is 4.51. The summed E-state index contributed by atoms with van der Waals surface area (Å²) in [5.74, 6) is -0.148. The summed E-state index contributed by atoms with van der Waals surface area (Å²) in [6, 6.07) is 8.45. The first-order valence-electron chi connectivity index (χ1n) is 10.3. The molecule has 0 atom stereocenters. The van der Waals surface area contributed by atoms with Crippen LogP contribution in [0, 0.1) is 5.82 Å². The zero-order valence-electron chi connectivity index (χ0n) is 18.6. The van der Waals surface area contributed by atoms with E-state index in [4.69, 9.17) is 18.9 Å². The van der Waals surface area contributed by atoms with Crippen LogP contribution in [0.5, 0.6) is 11.5 Å². The highest BCUT2D eigenvalue weighted by atomic mass is 32.1. The lowest BCUT2D eigenvalue weighted by molar-refractivity contribution is -0.135. The third-order valence-corrected chi connectivity index (χ3v) is 6.81. The molecule has 0 spiro atoms. The number of nitrogens with zero attached hydrogens (tertiary/aromatic N) is 1. The molecule has 0 radical (unpaired) electrons. The Morgan fingerprint density at radius 3 is 2.52 bits per heavy atom. The van der Waals surface area contributed by atoms with E-state index in [2.05, 4.69) is 0 Å². The first kappa shape index (κ1) is 23.0. The van der Waals surface area contributed by atoms with E-state index in [1.54, 1.807) is 31.3 Å². The fraction of sp³-hybridized carbons (Fsp3) is 0.333. The van der Waals surface area contributed by atoms with Gasteiger partial charge < -0.3 is 23.8 Å². The maximum absolute atomic E-state index is 14.3. The van der Waals surface area contributed by atoms with Crippen LogP contribution in [0.3, 0.4) is 0 Å². The number of carbonyl (C=O) groups excluding carboxylic acids is 2. The van der Waals surface area contributed by atoms with Crippen LogP contribution in [0.25, 0.3) is 10.1 Å². The molecule has 1 aliphatic heterocycles. The largest absolute Gasteiger partial charge is 0.493 e. The molecule has 7 nitrogen and oxygen atoms in total. The van der Waals surface area contributed by atoms with Crippen molar-refractivity contribution >= 4 is 33.3 Å². The van der Waals surface area contributed by atoms with Gasteiger partial charge in [-0.15, -0.1) is 11.3 Å². The average Bonchev–Trinajstić information content (AvgIpc) is 3.21. The van der Waals surface area contributed by atoms with Crippen molar-refractivity contribution in [3.8, 4) is 11.5 Å². The van der Waals surface area contributed by atoms with Crippen molar-refractivity contribution in [1.29, 1.82) is 0 Å². The van der Waals surface area contributed by atoms with Crippen LogP contribution in [0.1, 0.15) is 26.4 Å². The molecule has 0 fully saturated rings. The van der Waals surface area contributed by atoms with Crippen molar-refractivity contribution in [2.45, 2.75) is 19.6 Å². The summed E-state index contributed by atoms with van der Waals surface area (Å²) < 4.78 is 36.2. The molecular formula is C24H24FNO6S. The monoisotopic (exact) mass is 473 g/mol. The van der Waals surface area contributed by atoms with Crippen LogP contribution >= 0.6 is 11.3 Å². The van der Waals surface area contributed by atoms with E-state index >= 15 is 0 Å². The highest BCUT2D eigenvalue weighted by Gasteiger charge is 2.26. The molecule has 1 amide bonds. The molecule has 1 aromatic heterocycles. The number of carbonyl (C=O) groups is 2. The first-order chi connectivity index (χ1) is 16.0. The van der Waals surface area contributed by atoms with E-state index < -0.39 is 18.4 Å². The summed E-state index contributed by atoms with van der Waals surface area (Å²) in [5, 5.41) is 0.347. The van der Waals surface area contributed by atoms with Gasteiger partial charge in [0.15, 0.2) is 18.1 Å². The molecule has 2 heterocycles. The second-order valence-electron chi connectivity index (χ2n) is 7.57. The van der Waals surface area contributed by atoms with Gasteiger partial charge in [-0.25, -0.2) is 9.18 Å². The van der Waals surface area contributed by atoms with Gasteiger partial charge in [0.2, 0.25) is 0 Å². The lowest BCUT2D eigenvalue weighted by atomic mass is 9.99. The molecule has 0 saturated carbocycles. The van der Waals surface area contributed by atoms with Crippen molar-refractivity contribution < 1.29 is 32.9 Å². The molecule has 174 valence electrons. The number of amides is 1. The highest BCUT2D eigenvalue weighted by Crippen LogP contribution is 2.35. The van der Waals surface area contributed by atoms with E-state index in [0.717, 1.165) is 22.5 Å². The quantitative estimate of drug-likeness (QED) is 0.484. The minimum absolute atomic E-state index is 0.0630. The maximum Gasteiger partial charge on any atom is 0.349 e. The second-order valence-corrected chi connectivity index (χ2v) is 8.63. The molecule has 2 aromatic carbocycles. The average molecular weight is 474 g/mol. The summed E-state index contributed by atoms with van der Waals surface area (Å²) in [6.45, 7) is 0.551. The minimum Gasteiger partial charge on any atom is -0.493 e. The fourth-order valence-corrected chi connectivity index (χ4v) is 5.11. The van der Waals surface area contributed by atoms with E-state index in [-0.39, 0.29) is 17.4 Å². The number of hydrogen-bond acceptors (Lipinski definition) is 7. The molecule has 9 heteroatoms. The normalized spacial score (nSPS) is 13.0. The number of ether oxygens (including phenoxy) is 4. The van der Waals surface area contributed by atoms with Crippen molar-refractivity contribution in [2.75, 3.05) is 34.5 Å². The van der Waals surface area contributed by atoms with Gasteiger partial charge in [0.05, 0.1) is 20.8 Å². The van der Waals surface area contributed by atoms with Crippen LogP contribution in [0.15, 0.2) is 30.3 Å². The summed E-state index contributed by atoms with van der Waals surface area (Å²) in [6.07, 6.45) is 0.656. The summed E-state index contributed by atoms with van der Waals surface area (Å²) in [5.41, 5.74) is 2.48. The Morgan fingerprint density at radius 1 is 1.09 bits per heavy atom. The molecule has 0 N–H and O–H groups in total. The topological polar surface area (TPSA) is 74.3 Å². The molecule has 0 unspecified atom stereocenters. The van der Waals surface area contributed by atoms with Crippen molar-refractivity contribution in [3.05, 3.63) is 57.7 Å². The predicted molar refractivity (Wildman–Crippen MR) is 121 cm³/mol. The second kappa shape index (κ2) is 9.76. The summed E-state index contributed by atoms with van der Waals surface area (Å²) in [4.78, 5) is 27.4.